The summed E-state index contributed by atoms with van der Waals surface area (Å²) < 4.78 is 0. The van der Waals surface area contributed by atoms with Gasteiger partial charge in [0.1, 0.15) is 6.07 Å². The highest BCUT2D eigenvalue weighted by atomic mass is 35.5. The Morgan fingerprint density at radius 3 is 2.82 bits per heavy atom. The molecule has 4 heteroatoms. The van der Waals surface area contributed by atoms with Gasteiger partial charge in [-0.2, -0.15) is 5.26 Å². The van der Waals surface area contributed by atoms with Crippen molar-refractivity contribution in [2.45, 2.75) is 9.79 Å². The van der Waals surface area contributed by atoms with E-state index in [1.807, 2.05) is 24.3 Å². The van der Waals surface area contributed by atoms with Crippen LogP contribution in [-0.4, -0.2) is 0 Å². The van der Waals surface area contributed by atoms with Gasteiger partial charge in [0, 0.05) is 4.90 Å². The Hall–Kier alpha value is -1.63. The molecule has 0 fully saturated rings. The largest absolute Gasteiger partial charge is 0.353 e. The summed E-state index contributed by atoms with van der Waals surface area (Å²) in [5, 5.41) is 13.0. The van der Waals surface area contributed by atoms with E-state index < -0.39 is 0 Å². The number of para-hydroxylation sites is 1. The second-order valence-corrected chi connectivity index (χ2v) is 5.09. The molecule has 1 heterocycles. The predicted molar refractivity (Wildman–Crippen MR) is 70.0 cm³/mol. The molecule has 1 N–H and O–H groups in total. The Labute approximate surface area is 108 Å². The Morgan fingerprint density at radius 1 is 1.18 bits per heavy atom. The van der Waals surface area contributed by atoms with E-state index >= 15 is 0 Å². The number of hydrogen-bond acceptors (Lipinski definition) is 3. The highest BCUT2D eigenvalue weighted by Gasteiger charge is 2.20. The average molecular weight is 259 g/mol. The molecular weight excluding hydrogens is 252 g/mol. The van der Waals surface area contributed by atoms with E-state index in [2.05, 4.69) is 11.4 Å². The van der Waals surface area contributed by atoms with Gasteiger partial charge in [0.25, 0.3) is 0 Å². The fourth-order valence-electron chi connectivity index (χ4n) is 1.78. The van der Waals surface area contributed by atoms with Gasteiger partial charge in [-0.25, -0.2) is 0 Å². The van der Waals surface area contributed by atoms with Crippen LogP contribution in [-0.2, 0) is 0 Å². The van der Waals surface area contributed by atoms with Gasteiger partial charge in [-0.15, -0.1) is 0 Å². The average Bonchev–Trinajstić information content (AvgIpc) is 2.38. The first-order chi connectivity index (χ1) is 8.29. The van der Waals surface area contributed by atoms with Gasteiger partial charge < -0.3 is 5.32 Å². The summed E-state index contributed by atoms with van der Waals surface area (Å²) in [7, 11) is 0. The monoisotopic (exact) mass is 258 g/mol. The number of halogens is 1. The highest BCUT2D eigenvalue weighted by Crippen LogP contribution is 2.48. The minimum Gasteiger partial charge on any atom is -0.353 e. The zero-order valence-corrected chi connectivity index (χ0v) is 10.3. The smallest absolute Gasteiger partial charge is 0.101 e. The van der Waals surface area contributed by atoms with Crippen LogP contribution in [0.25, 0.3) is 0 Å². The zero-order chi connectivity index (χ0) is 11.8. The molecule has 82 valence electrons. The Balaban J connectivity index is 2.21. The van der Waals surface area contributed by atoms with Crippen molar-refractivity contribution in [1.82, 2.24) is 0 Å². The number of benzene rings is 2. The summed E-state index contributed by atoms with van der Waals surface area (Å²) in [6.07, 6.45) is 0. The number of nitrogens with one attached hydrogen (secondary N) is 1. The van der Waals surface area contributed by atoms with Gasteiger partial charge in [-0.05, 0) is 24.3 Å². The van der Waals surface area contributed by atoms with E-state index in [0.717, 1.165) is 21.2 Å². The van der Waals surface area contributed by atoms with E-state index in [1.165, 1.54) is 0 Å². The molecule has 1 aliphatic rings. The minimum atomic E-state index is 0.617. The van der Waals surface area contributed by atoms with E-state index in [9.17, 15) is 0 Å². The van der Waals surface area contributed by atoms with E-state index in [1.54, 1.807) is 23.9 Å². The molecule has 0 saturated carbocycles. The molecule has 0 spiro atoms. The third-order valence-electron chi connectivity index (χ3n) is 2.59. The van der Waals surface area contributed by atoms with Gasteiger partial charge in [0.2, 0.25) is 0 Å². The number of nitrogens with zero attached hydrogens (tertiary/aromatic N) is 1. The molecule has 0 aliphatic carbocycles. The van der Waals surface area contributed by atoms with Crippen LogP contribution in [0, 0.1) is 11.3 Å². The summed E-state index contributed by atoms with van der Waals surface area (Å²) >= 11 is 7.76. The van der Waals surface area contributed by atoms with Crippen LogP contribution in [0.2, 0.25) is 5.02 Å². The van der Waals surface area contributed by atoms with E-state index in [0.29, 0.717) is 10.6 Å². The van der Waals surface area contributed by atoms with Crippen LogP contribution >= 0.6 is 23.4 Å². The minimum absolute atomic E-state index is 0.617. The van der Waals surface area contributed by atoms with Gasteiger partial charge in [-0.1, -0.05) is 35.5 Å². The van der Waals surface area contributed by atoms with Crippen molar-refractivity contribution in [3.63, 3.8) is 0 Å². The van der Waals surface area contributed by atoms with Crippen molar-refractivity contribution in [1.29, 1.82) is 5.26 Å². The first-order valence-corrected chi connectivity index (χ1v) is 6.25. The van der Waals surface area contributed by atoms with Gasteiger partial charge in [0.05, 0.1) is 26.9 Å². The van der Waals surface area contributed by atoms with Crippen molar-refractivity contribution in [2.75, 3.05) is 5.32 Å². The predicted octanol–water partition coefficient (Wildman–Crippen LogP) is 4.42. The summed E-state index contributed by atoms with van der Waals surface area (Å²) in [5.41, 5.74) is 2.44. The van der Waals surface area contributed by atoms with Crippen LogP contribution in [0.3, 0.4) is 0 Å². The Bertz CT molecular complexity index is 646. The lowest BCUT2D eigenvalue weighted by Gasteiger charge is -2.22. The second kappa shape index (κ2) is 3.99. The molecule has 0 radical (unpaired) electrons. The molecule has 0 aromatic heterocycles. The fourth-order valence-corrected chi connectivity index (χ4v) is 3.08. The first-order valence-electron chi connectivity index (χ1n) is 5.06. The van der Waals surface area contributed by atoms with Crippen LogP contribution in [0.5, 0.6) is 0 Å². The lowest BCUT2D eigenvalue weighted by Crippen LogP contribution is -2.02. The first kappa shape index (κ1) is 10.5. The van der Waals surface area contributed by atoms with Crippen LogP contribution < -0.4 is 5.32 Å². The fraction of sp³-hybridized carbons (Fsp3) is 0. The lowest BCUT2D eigenvalue weighted by atomic mass is 10.1. The van der Waals surface area contributed by atoms with Crippen molar-refractivity contribution in [3.05, 3.63) is 47.0 Å². The van der Waals surface area contributed by atoms with Crippen molar-refractivity contribution in [2.24, 2.45) is 0 Å². The molecule has 0 atom stereocenters. The SMILES string of the molecule is N#Cc1ccc(Cl)c2c1Nc1ccccc1S2. The maximum Gasteiger partial charge on any atom is 0.101 e. The number of fused-ring (bicyclic) bond motifs is 2. The molecule has 2 aromatic carbocycles. The second-order valence-electron chi connectivity index (χ2n) is 3.63. The molecule has 0 unspecified atom stereocenters. The molecule has 3 rings (SSSR count). The molecule has 2 aromatic rings. The summed E-state index contributed by atoms with van der Waals surface area (Å²) in [6, 6.07) is 13.7. The van der Waals surface area contributed by atoms with Gasteiger partial charge in [0.15, 0.2) is 0 Å². The molecule has 0 bridgehead atoms. The maximum absolute atomic E-state index is 9.09. The highest BCUT2D eigenvalue weighted by molar-refractivity contribution is 7.99. The van der Waals surface area contributed by atoms with Gasteiger partial charge >= 0.3 is 0 Å². The van der Waals surface area contributed by atoms with E-state index in [4.69, 9.17) is 16.9 Å². The van der Waals surface area contributed by atoms with Crippen molar-refractivity contribution >= 4 is 34.7 Å². The van der Waals surface area contributed by atoms with Crippen LogP contribution in [0.1, 0.15) is 5.56 Å². The summed E-state index contributed by atoms with van der Waals surface area (Å²) in [5.74, 6) is 0. The molecule has 0 amide bonds. The molecule has 1 aliphatic heterocycles. The molecule has 0 saturated heterocycles. The Kier molecular flexibility index (Phi) is 2.47. The molecule has 17 heavy (non-hydrogen) atoms. The van der Waals surface area contributed by atoms with Gasteiger partial charge in [-0.3, -0.25) is 0 Å². The van der Waals surface area contributed by atoms with E-state index in [-0.39, 0.29) is 0 Å². The number of hydrogen-bond donors (Lipinski definition) is 1. The summed E-state index contributed by atoms with van der Waals surface area (Å²) in [6.45, 7) is 0. The maximum atomic E-state index is 9.09. The van der Waals surface area contributed by atoms with Crippen molar-refractivity contribution < 1.29 is 0 Å². The lowest BCUT2D eigenvalue weighted by molar-refractivity contribution is 1.30. The summed E-state index contributed by atoms with van der Waals surface area (Å²) in [4.78, 5) is 2.04. The van der Waals surface area contributed by atoms with Crippen LogP contribution in [0.15, 0.2) is 46.2 Å². The topological polar surface area (TPSA) is 35.8 Å². The number of nitriles is 1. The standard InChI is InChI=1S/C13H7ClN2S/c14-9-6-5-8(7-15)12-13(9)17-11-4-2-1-3-10(11)16-12/h1-6,16H. The number of rotatable bonds is 0. The zero-order valence-electron chi connectivity index (χ0n) is 8.70. The number of anilines is 2. The normalized spacial score (nSPS) is 12.0. The van der Waals surface area contributed by atoms with Crippen LogP contribution in [0.4, 0.5) is 11.4 Å². The molecular formula is C13H7ClN2S. The Morgan fingerprint density at radius 2 is 2.00 bits per heavy atom. The quantitative estimate of drug-likeness (QED) is 0.648. The van der Waals surface area contributed by atoms with Crippen molar-refractivity contribution in [3.8, 4) is 6.07 Å². The third kappa shape index (κ3) is 1.66. The molecule has 2 nitrogen and oxygen atoms in total. The third-order valence-corrected chi connectivity index (χ3v) is 4.22.